The zero-order valence-electron chi connectivity index (χ0n) is 32.8. The molecule has 0 aliphatic rings. The highest BCUT2D eigenvalue weighted by atomic mass is 16.3. The summed E-state index contributed by atoms with van der Waals surface area (Å²) in [6.07, 6.45) is 50.3. The summed E-state index contributed by atoms with van der Waals surface area (Å²) in [4.78, 5) is 12.4. The van der Waals surface area contributed by atoms with Crippen LogP contribution in [0, 0.1) is 0 Å². The molecule has 0 aromatic rings. The molecular formula is C44H87NO3. The first kappa shape index (κ1) is 47.1. The Morgan fingerprint density at radius 2 is 0.771 bits per heavy atom. The van der Waals surface area contributed by atoms with Crippen molar-refractivity contribution in [3.63, 3.8) is 0 Å². The van der Waals surface area contributed by atoms with E-state index in [0.717, 1.165) is 25.7 Å². The maximum atomic E-state index is 12.4. The summed E-state index contributed by atoms with van der Waals surface area (Å²) in [5.74, 6) is -0.0594. The Hall–Kier alpha value is -0.870. The van der Waals surface area contributed by atoms with Gasteiger partial charge in [-0.3, -0.25) is 4.79 Å². The van der Waals surface area contributed by atoms with E-state index in [-0.39, 0.29) is 12.5 Å². The van der Waals surface area contributed by atoms with E-state index < -0.39 is 12.1 Å². The highest BCUT2D eigenvalue weighted by molar-refractivity contribution is 5.76. The second-order valence-electron chi connectivity index (χ2n) is 15.1. The van der Waals surface area contributed by atoms with E-state index in [1.807, 2.05) is 6.08 Å². The van der Waals surface area contributed by atoms with E-state index >= 15 is 0 Å². The number of aliphatic hydroxyl groups is 2. The summed E-state index contributed by atoms with van der Waals surface area (Å²) >= 11 is 0. The number of allylic oxidation sites excluding steroid dienone is 1. The highest BCUT2D eigenvalue weighted by Gasteiger charge is 2.17. The van der Waals surface area contributed by atoms with Crippen LogP contribution in [0.5, 0.6) is 0 Å². The Morgan fingerprint density at radius 1 is 0.479 bits per heavy atom. The zero-order chi connectivity index (χ0) is 35.0. The van der Waals surface area contributed by atoms with Crippen molar-refractivity contribution < 1.29 is 15.0 Å². The fourth-order valence-electron chi connectivity index (χ4n) is 6.89. The summed E-state index contributed by atoms with van der Waals surface area (Å²) in [5, 5.41) is 23.0. The van der Waals surface area contributed by atoms with Gasteiger partial charge in [0.25, 0.3) is 0 Å². The van der Waals surface area contributed by atoms with Gasteiger partial charge in [0.05, 0.1) is 18.8 Å². The van der Waals surface area contributed by atoms with Gasteiger partial charge >= 0.3 is 0 Å². The van der Waals surface area contributed by atoms with Crippen LogP contribution < -0.4 is 5.32 Å². The van der Waals surface area contributed by atoms with Crippen LogP contribution in [0.1, 0.15) is 245 Å². The van der Waals surface area contributed by atoms with E-state index in [4.69, 9.17) is 0 Å². The van der Waals surface area contributed by atoms with Crippen molar-refractivity contribution in [3.8, 4) is 0 Å². The van der Waals surface area contributed by atoms with Crippen molar-refractivity contribution in [3.05, 3.63) is 12.2 Å². The predicted octanol–water partition coefficient (Wildman–Crippen LogP) is 13.5. The van der Waals surface area contributed by atoms with E-state index in [0.29, 0.717) is 6.42 Å². The third-order valence-corrected chi connectivity index (χ3v) is 10.3. The van der Waals surface area contributed by atoms with Crippen LogP contribution in [0.3, 0.4) is 0 Å². The number of amides is 1. The molecule has 0 heterocycles. The van der Waals surface area contributed by atoms with Crippen LogP contribution in [0.2, 0.25) is 0 Å². The van der Waals surface area contributed by atoms with Gasteiger partial charge in [-0.2, -0.15) is 0 Å². The van der Waals surface area contributed by atoms with Gasteiger partial charge in [-0.05, 0) is 19.3 Å². The molecule has 2 unspecified atom stereocenters. The number of carbonyl (C=O) groups is 1. The molecule has 0 aliphatic carbocycles. The highest BCUT2D eigenvalue weighted by Crippen LogP contribution is 2.16. The molecule has 0 aromatic carbocycles. The lowest BCUT2D eigenvalue weighted by Gasteiger charge is -2.20. The third-order valence-electron chi connectivity index (χ3n) is 10.3. The smallest absolute Gasteiger partial charge is 0.220 e. The average molecular weight is 678 g/mol. The van der Waals surface area contributed by atoms with Crippen molar-refractivity contribution in [2.24, 2.45) is 0 Å². The fourth-order valence-corrected chi connectivity index (χ4v) is 6.89. The first-order chi connectivity index (χ1) is 23.7. The largest absolute Gasteiger partial charge is 0.394 e. The average Bonchev–Trinajstić information content (AvgIpc) is 3.09. The van der Waals surface area contributed by atoms with Gasteiger partial charge in [0, 0.05) is 6.42 Å². The van der Waals surface area contributed by atoms with Gasteiger partial charge in [0.1, 0.15) is 0 Å². The van der Waals surface area contributed by atoms with Crippen LogP contribution >= 0.6 is 0 Å². The van der Waals surface area contributed by atoms with Crippen molar-refractivity contribution in [2.75, 3.05) is 6.61 Å². The van der Waals surface area contributed by atoms with Crippen LogP contribution in [0.15, 0.2) is 12.2 Å². The number of hydrogen-bond acceptors (Lipinski definition) is 3. The van der Waals surface area contributed by atoms with Gasteiger partial charge in [-0.25, -0.2) is 0 Å². The maximum Gasteiger partial charge on any atom is 0.220 e. The quantitative estimate of drug-likeness (QED) is 0.0446. The third kappa shape index (κ3) is 36.4. The number of unbranched alkanes of at least 4 members (excludes halogenated alkanes) is 33. The number of rotatable bonds is 40. The molecule has 0 spiro atoms. The van der Waals surface area contributed by atoms with Gasteiger partial charge in [0.15, 0.2) is 0 Å². The lowest BCUT2D eigenvalue weighted by Crippen LogP contribution is -2.45. The standard InChI is InChI=1S/C44H87NO3/c1-3-5-7-9-11-13-15-17-19-21-23-25-27-29-31-33-35-37-39-43(47)42(41-46)45-44(48)40-38-36-34-32-30-28-26-24-22-20-18-16-14-12-10-8-6-4-2/h37,39,42-43,46-47H,3-36,38,40-41H2,1-2H3,(H,45,48)/b39-37+. The van der Waals surface area contributed by atoms with Crippen LogP contribution in [0.25, 0.3) is 0 Å². The monoisotopic (exact) mass is 678 g/mol. The molecule has 4 nitrogen and oxygen atoms in total. The van der Waals surface area contributed by atoms with E-state index in [2.05, 4.69) is 19.2 Å². The second-order valence-corrected chi connectivity index (χ2v) is 15.1. The van der Waals surface area contributed by atoms with Gasteiger partial charge < -0.3 is 15.5 Å². The second kappa shape index (κ2) is 40.6. The van der Waals surface area contributed by atoms with Crippen molar-refractivity contribution in [1.29, 1.82) is 0 Å². The Labute approximate surface area is 301 Å². The molecule has 0 radical (unpaired) electrons. The summed E-state index contributed by atoms with van der Waals surface area (Å²) in [7, 11) is 0. The topological polar surface area (TPSA) is 69.6 Å². The van der Waals surface area contributed by atoms with Crippen LogP contribution in [-0.2, 0) is 4.79 Å². The van der Waals surface area contributed by atoms with Gasteiger partial charge in [0.2, 0.25) is 5.91 Å². The summed E-state index contributed by atoms with van der Waals surface area (Å²) in [5.41, 5.74) is 0. The first-order valence-electron chi connectivity index (χ1n) is 21.9. The van der Waals surface area contributed by atoms with Gasteiger partial charge in [-0.1, -0.05) is 231 Å². The zero-order valence-corrected chi connectivity index (χ0v) is 32.8. The molecule has 2 atom stereocenters. The molecule has 3 N–H and O–H groups in total. The SMILES string of the molecule is CCCCCCCCCCCCCCCCCC/C=C/C(O)C(CO)NC(=O)CCCCCCCCCCCCCCCCCCCC. The molecule has 0 aliphatic heterocycles. The van der Waals surface area contributed by atoms with Crippen LogP contribution in [-0.4, -0.2) is 34.9 Å². The van der Waals surface area contributed by atoms with Crippen molar-refractivity contribution in [2.45, 2.75) is 257 Å². The number of hydrogen-bond donors (Lipinski definition) is 3. The van der Waals surface area contributed by atoms with E-state index in [9.17, 15) is 15.0 Å². The minimum absolute atomic E-state index is 0.0594. The molecule has 0 rings (SSSR count). The van der Waals surface area contributed by atoms with Crippen LogP contribution in [0.4, 0.5) is 0 Å². The molecule has 1 amide bonds. The Bertz CT molecular complexity index is 651. The molecule has 48 heavy (non-hydrogen) atoms. The Kier molecular flexibility index (Phi) is 39.8. The number of aliphatic hydroxyl groups excluding tert-OH is 2. The van der Waals surface area contributed by atoms with Crippen molar-refractivity contribution in [1.82, 2.24) is 5.32 Å². The summed E-state index contributed by atoms with van der Waals surface area (Å²) in [6, 6.07) is -0.616. The number of carbonyl (C=O) groups excluding carboxylic acids is 1. The molecule has 286 valence electrons. The Morgan fingerprint density at radius 3 is 1.08 bits per heavy atom. The maximum absolute atomic E-state index is 12.4. The molecule has 0 saturated heterocycles. The lowest BCUT2D eigenvalue weighted by atomic mass is 10.0. The molecule has 0 fully saturated rings. The summed E-state index contributed by atoms with van der Waals surface area (Å²) in [6.45, 7) is 4.33. The van der Waals surface area contributed by atoms with Crippen molar-refractivity contribution >= 4 is 5.91 Å². The number of nitrogens with one attached hydrogen (secondary N) is 1. The Balaban J connectivity index is 3.53. The van der Waals surface area contributed by atoms with E-state index in [1.165, 1.54) is 199 Å². The fraction of sp³-hybridized carbons (Fsp3) is 0.932. The predicted molar refractivity (Wildman–Crippen MR) is 212 cm³/mol. The van der Waals surface area contributed by atoms with Gasteiger partial charge in [-0.15, -0.1) is 0 Å². The molecular weight excluding hydrogens is 590 g/mol. The lowest BCUT2D eigenvalue weighted by molar-refractivity contribution is -0.123. The molecule has 4 heteroatoms. The first-order valence-corrected chi connectivity index (χ1v) is 21.9. The minimum Gasteiger partial charge on any atom is -0.394 e. The molecule has 0 aromatic heterocycles. The molecule has 0 bridgehead atoms. The van der Waals surface area contributed by atoms with E-state index in [1.54, 1.807) is 6.08 Å². The normalized spacial score (nSPS) is 13.0. The minimum atomic E-state index is -0.833. The molecule has 0 saturated carbocycles. The summed E-state index contributed by atoms with van der Waals surface area (Å²) < 4.78 is 0.